The van der Waals surface area contributed by atoms with Gasteiger partial charge in [0.2, 0.25) is 0 Å². The van der Waals surface area contributed by atoms with Crippen molar-refractivity contribution in [3.8, 4) is 0 Å². The molecule has 0 amide bonds. The molecule has 1 atom stereocenters. The molecule has 2 aromatic carbocycles. The van der Waals surface area contributed by atoms with Gasteiger partial charge in [-0.2, -0.15) is 0 Å². The Balaban J connectivity index is 2.05. The molecule has 100 valence electrons. The zero-order valence-corrected chi connectivity index (χ0v) is 11.5. The third-order valence-electron chi connectivity index (χ3n) is 2.83. The van der Waals surface area contributed by atoms with E-state index in [9.17, 15) is 8.60 Å². The van der Waals surface area contributed by atoms with Crippen molar-refractivity contribution in [2.45, 2.75) is 18.4 Å². The van der Waals surface area contributed by atoms with E-state index in [2.05, 4.69) is 0 Å². The fraction of sp³-hybridized carbons (Fsp3) is 0.200. The summed E-state index contributed by atoms with van der Waals surface area (Å²) in [6.07, 6.45) is 0. The maximum absolute atomic E-state index is 12.9. The zero-order chi connectivity index (χ0) is 13.8. The summed E-state index contributed by atoms with van der Waals surface area (Å²) in [5, 5.41) is 0. The first-order valence-electron chi connectivity index (χ1n) is 5.99. The summed E-state index contributed by atoms with van der Waals surface area (Å²) in [7, 11) is -1.05. The van der Waals surface area contributed by atoms with Gasteiger partial charge in [0, 0.05) is 22.2 Å². The van der Waals surface area contributed by atoms with E-state index in [0.717, 1.165) is 16.7 Å². The van der Waals surface area contributed by atoms with Crippen LogP contribution in [-0.2, 0) is 22.3 Å². The minimum absolute atomic E-state index is 0.347. The molecule has 0 spiro atoms. The average molecular weight is 277 g/mol. The first kappa shape index (κ1) is 13.7. The lowest BCUT2D eigenvalue weighted by Gasteiger charge is -2.06. The Hall–Kier alpha value is -1.68. The normalized spacial score (nSPS) is 12.3. The number of benzene rings is 2. The molecule has 19 heavy (non-hydrogen) atoms. The summed E-state index contributed by atoms with van der Waals surface area (Å²) in [6.45, 7) is 2.00. The van der Waals surface area contributed by atoms with Crippen molar-refractivity contribution in [3.63, 3.8) is 0 Å². The fourth-order valence-electron chi connectivity index (χ4n) is 1.91. The number of nitrogens with two attached hydrogens (primary N) is 1. The first-order chi connectivity index (χ1) is 9.04. The predicted molar refractivity (Wildman–Crippen MR) is 77.5 cm³/mol. The van der Waals surface area contributed by atoms with Crippen molar-refractivity contribution in [1.82, 2.24) is 0 Å². The maximum Gasteiger partial charge on any atom is 0.125 e. The second-order valence-electron chi connectivity index (χ2n) is 4.56. The van der Waals surface area contributed by atoms with Crippen LogP contribution in [0, 0.1) is 12.7 Å². The minimum atomic E-state index is -1.05. The van der Waals surface area contributed by atoms with Gasteiger partial charge in [-0.25, -0.2) is 4.39 Å². The quantitative estimate of drug-likeness (QED) is 0.872. The van der Waals surface area contributed by atoms with E-state index in [-0.39, 0.29) is 5.82 Å². The van der Waals surface area contributed by atoms with Gasteiger partial charge in [-0.05, 0) is 30.2 Å². The molecule has 0 aromatic heterocycles. The molecule has 0 aliphatic rings. The lowest BCUT2D eigenvalue weighted by atomic mass is 10.2. The molecule has 2 rings (SSSR count). The second-order valence-corrected chi connectivity index (χ2v) is 6.02. The van der Waals surface area contributed by atoms with E-state index in [0.29, 0.717) is 17.2 Å². The smallest absolute Gasteiger partial charge is 0.125 e. The Bertz CT molecular complexity index is 613. The number of halogens is 1. The molecule has 0 saturated carbocycles. The summed E-state index contributed by atoms with van der Waals surface area (Å²) in [4.78, 5) is 0. The van der Waals surface area contributed by atoms with Gasteiger partial charge in [0.05, 0.1) is 5.75 Å². The van der Waals surface area contributed by atoms with E-state index in [1.165, 1.54) is 12.1 Å². The summed E-state index contributed by atoms with van der Waals surface area (Å²) in [5.74, 6) is 0.462. The van der Waals surface area contributed by atoms with E-state index in [4.69, 9.17) is 5.73 Å². The van der Waals surface area contributed by atoms with E-state index in [1.54, 1.807) is 6.07 Å². The van der Waals surface area contributed by atoms with Crippen LogP contribution in [0.3, 0.4) is 0 Å². The molecule has 0 fully saturated rings. The second kappa shape index (κ2) is 5.97. The third-order valence-corrected chi connectivity index (χ3v) is 4.12. The minimum Gasteiger partial charge on any atom is -0.398 e. The summed E-state index contributed by atoms with van der Waals surface area (Å²) in [6, 6.07) is 12.1. The van der Waals surface area contributed by atoms with E-state index in [1.807, 2.05) is 31.2 Å². The van der Waals surface area contributed by atoms with Crippen LogP contribution in [0.15, 0.2) is 42.5 Å². The van der Waals surface area contributed by atoms with Crippen LogP contribution in [-0.4, -0.2) is 4.21 Å². The number of hydrogen-bond donors (Lipinski definition) is 1. The topological polar surface area (TPSA) is 43.1 Å². The highest BCUT2D eigenvalue weighted by Gasteiger charge is 2.07. The number of aryl methyl sites for hydroxylation is 1. The molecule has 0 heterocycles. The molecule has 2 aromatic rings. The zero-order valence-electron chi connectivity index (χ0n) is 10.7. The van der Waals surface area contributed by atoms with Crippen molar-refractivity contribution >= 4 is 16.5 Å². The number of nitrogen functional groups attached to an aromatic ring is 1. The molecule has 0 aliphatic heterocycles. The Morgan fingerprint density at radius 2 is 1.95 bits per heavy atom. The van der Waals surface area contributed by atoms with Gasteiger partial charge < -0.3 is 5.73 Å². The SMILES string of the molecule is Cc1cccc(CS(=O)Cc2ccc(F)cc2N)c1. The average Bonchev–Trinajstić information content (AvgIpc) is 2.33. The van der Waals surface area contributed by atoms with Crippen LogP contribution >= 0.6 is 0 Å². The highest BCUT2D eigenvalue weighted by molar-refractivity contribution is 7.83. The van der Waals surface area contributed by atoms with Crippen molar-refractivity contribution in [3.05, 3.63) is 65.0 Å². The van der Waals surface area contributed by atoms with Gasteiger partial charge in [0.15, 0.2) is 0 Å². The van der Waals surface area contributed by atoms with Gasteiger partial charge in [-0.1, -0.05) is 35.9 Å². The van der Waals surface area contributed by atoms with Crippen LogP contribution in [0.1, 0.15) is 16.7 Å². The van der Waals surface area contributed by atoms with Crippen molar-refractivity contribution in [2.75, 3.05) is 5.73 Å². The highest BCUT2D eigenvalue weighted by Crippen LogP contribution is 2.17. The molecule has 4 heteroatoms. The lowest BCUT2D eigenvalue weighted by Crippen LogP contribution is -2.03. The standard InChI is InChI=1S/C15H16FNOS/c1-11-3-2-4-12(7-11)9-19(18)10-13-5-6-14(16)8-15(13)17/h2-8H,9-10,17H2,1H3. The molecular formula is C15H16FNOS. The molecule has 2 nitrogen and oxygen atoms in total. The summed E-state index contributed by atoms with van der Waals surface area (Å²) in [5.41, 5.74) is 8.99. The van der Waals surface area contributed by atoms with Crippen molar-refractivity contribution in [1.29, 1.82) is 0 Å². The molecule has 0 radical (unpaired) electrons. The largest absolute Gasteiger partial charge is 0.398 e. The van der Waals surface area contributed by atoms with Crippen LogP contribution < -0.4 is 5.73 Å². The van der Waals surface area contributed by atoms with E-state index >= 15 is 0 Å². The van der Waals surface area contributed by atoms with Crippen LogP contribution in [0.4, 0.5) is 10.1 Å². The molecule has 0 aliphatic carbocycles. The van der Waals surface area contributed by atoms with Gasteiger partial charge >= 0.3 is 0 Å². The molecular weight excluding hydrogens is 261 g/mol. The molecule has 0 bridgehead atoms. The molecule has 0 saturated heterocycles. The van der Waals surface area contributed by atoms with Crippen LogP contribution in [0.2, 0.25) is 0 Å². The highest BCUT2D eigenvalue weighted by atomic mass is 32.2. The van der Waals surface area contributed by atoms with Gasteiger partial charge in [0.1, 0.15) is 5.82 Å². The van der Waals surface area contributed by atoms with Gasteiger partial charge in [0.25, 0.3) is 0 Å². The Labute approximate surface area is 114 Å². The lowest BCUT2D eigenvalue weighted by molar-refractivity contribution is 0.628. The van der Waals surface area contributed by atoms with E-state index < -0.39 is 10.8 Å². The first-order valence-corrected chi connectivity index (χ1v) is 7.48. The summed E-state index contributed by atoms with van der Waals surface area (Å²) >= 11 is 0. The van der Waals surface area contributed by atoms with Crippen LogP contribution in [0.25, 0.3) is 0 Å². The predicted octanol–water partition coefficient (Wildman–Crippen LogP) is 3.17. The molecule has 1 unspecified atom stereocenters. The summed E-state index contributed by atoms with van der Waals surface area (Å²) < 4.78 is 25.0. The van der Waals surface area contributed by atoms with Crippen molar-refractivity contribution in [2.24, 2.45) is 0 Å². The Morgan fingerprint density at radius 1 is 1.16 bits per heavy atom. The maximum atomic E-state index is 12.9. The number of anilines is 1. The Kier molecular flexibility index (Phi) is 4.32. The Morgan fingerprint density at radius 3 is 2.63 bits per heavy atom. The molecule has 2 N–H and O–H groups in total. The fourth-order valence-corrected chi connectivity index (χ4v) is 3.17. The number of rotatable bonds is 4. The monoisotopic (exact) mass is 277 g/mol. The van der Waals surface area contributed by atoms with Gasteiger partial charge in [-0.15, -0.1) is 0 Å². The number of hydrogen-bond acceptors (Lipinski definition) is 2. The van der Waals surface area contributed by atoms with Crippen LogP contribution in [0.5, 0.6) is 0 Å². The van der Waals surface area contributed by atoms with Crippen molar-refractivity contribution < 1.29 is 8.60 Å². The van der Waals surface area contributed by atoms with Gasteiger partial charge in [-0.3, -0.25) is 4.21 Å². The third kappa shape index (κ3) is 3.89.